The summed E-state index contributed by atoms with van der Waals surface area (Å²) in [6, 6.07) is 13.1. The number of urea groups is 1. The normalized spacial score (nSPS) is 18.0. The largest absolute Gasteiger partial charge is 0.445 e. The van der Waals surface area contributed by atoms with Gasteiger partial charge in [0.25, 0.3) is 5.91 Å². The maximum absolute atomic E-state index is 14.9. The monoisotopic (exact) mass is 1570 g/mol. The molecule has 29 nitrogen and oxygen atoms in total. The van der Waals surface area contributed by atoms with Gasteiger partial charge in [-0.15, -0.1) is 0 Å². The third-order valence-electron chi connectivity index (χ3n) is 20.0. The molecule has 1 fully saturated rings. The van der Waals surface area contributed by atoms with Gasteiger partial charge < -0.3 is 82.7 Å². The molecule has 13 atom stereocenters. The van der Waals surface area contributed by atoms with Gasteiger partial charge in [-0.2, -0.15) is 23.5 Å². The van der Waals surface area contributed by atoms with Crippen LogP contribution in [0, 0.1) is 29.6 Å². The SMILES string of the molecule is CC[C@H](C)[C@@H]([C@@H](CC(=O)N1CCC[C@H]1[C@H](OC)[C@@H](C)C(=O)N[C@H](C)[C@@H](O)c1ccccc1)OC)N(C)C(=O)[C@@H](NC(=O)[C@H](C(C)C)N(C)C(=O)OCc1ccc(NC(=O)[C@H](CCCNC(N)=O)NC(=O)[C@@H](NC(=O)CCCNC(=O)c2cc3cc(c2)NC(=O)CCSC(C)CCSCCC(=O)N3)C(C)C)cc1)C(C)C. The summed E-state index contributed by atoms with van der Waals surface area (Å²) in [5, 5.41) is 36.5. The predicted molar refractivity (Wildman–Crippen MR) is 427 cm³/mol. The smallest absolute Gasteiger partial charge is 0.410 e. The molecule has 0 saturated carbocycles. The van der Waals surface area contributed by atoms with Gasteiger partial charge in [0.1, 0.15) is 30.8 Å². The number of likely N-dealkylation sites (N-methyl/N-ethyl adjacent to an activating group) is 2. The number of nitrogens with zero attached hydrogens (tertiary/aromatic N) is 3. The molecule has 0 spiro atoms. The Balaban J connectivity index is 1.16. The number of fused-ring (bicyclic) bond motifs is 2. The number of hydrogen-bond donors (Lipinski definition) is 11. The van der Waals surface area contributed by atoms with E-state index in [1.165, 1.54) is 38.3 Å². The molecule has 13 amide bonds. The van der Waals surface area contributed by atoms with Crippen molar-refractivity contribution in [2.75, 3.05) is 81.2 Å². The first-order valence-electron chi connectivity index (χ1n) is 38.3. The van der Waals surface area contributed by atoms with E-state index in [-0.39, 0.29) is 99.8 Å². The maximum Gasteiger partial charge on any atom is 0.410 e. The first-order valence-corrected chi connectivity index (χ1v) is 40.5. The molecule has 0 aromatic heterocycles. The van der Waals surface area contributed by atoms with Crippen molar-refractivity contribution in [2.45, 2.75) is 219 Å². The summed E-state index contributed by atoms with van der Waals surface area (Å²) in [7, 11) is 6.07. The number of thioether (sulfide) groups is 2. The number of aliphatic hydroxyl groups excluding tert-OH is 1. The molecule has 2 aliphatic rings. The van der Waals surface area contributed by atoms with Crippen LogP contribution in [0.3, 0.4) is 0 Å². The minimum atomic E-state index is -1.17. The molecule has 0 aliphatic carbocycles. The molecule has 110 heavy (non-hydrogen) atoms. The number of ether oxygens (including phenoxy) is 3. The first-order chi connectivity index (χ1) is 52.2. The van der Waals surface area contributed by atoms with Crippen LogP contribution in [-0.4, -0.2) is 216 Å². The second kappa shape index (κ2) is 46.3. The summed E-state index contributed by atoms with van der Waals surface area (Å²) in [5.74, 6) is -4.42. The van der Waals surface area contributed by atoms with Gasteiger partial charge in [-0.05, 0) is 116 Å². The summed E-state index contributed by atoms with van der Waals surface area (Å²) in [6.45, 7) is 20.4. The lowest BCUT2D eigenvalue weighted by Gasteiger charge is -2.41. The number of aliphatic hydroxyl groups is 1. The lowest BCUT2D eigenvalue weighted by atomic mass is 9.89. The van der Waals surface area contributed by atoms with Crippen molar-refractivity contribution in [3.05, 3.63) is 89.5 Å². The molecule has 12 N–H and O–H groups in total. The molecule has 1 saturated heterocycles. The fourth-order valence-corrected chi connectivity index (χ4v) is 15.7. The van der Waals surface area contributed by atoms with Crippen LogP contribution >= 0.6 is 23.5 Å². The van der Waals surface area contributed by atoms with Crippen LogP contribution in [0.2, 0.25) is 0 Å². The second-order valence-corrected chi connectivity index (χ2v) is 32.4. The van der Waals surface area contributed by atoms with Crippen molar-refractivity contribution >= 4 is 112 Å². The van der Waals surface area contributed by atoms with Gasteiger partial charge in [-0.3, -0.25) is 52.8 Å². The Morgan fingerprint density at radius 1 is 0.700 bits per heavy atom. The van der Waals surface area contributed by atoms with E-state index in [4.69, 9.17) is 19.9 Å². The van der Waals surface area contributed by atoms with Crippen molar-refractivity contribution < 1.29 is 76.9 Å². The highest BCUT2D eigenvalue weighted by Crippen LogP contribution is 2.31. The topological polar surface area (TPSA) is 397 Å². The fourth-order valence-electron chi connectivity index (χ4n) is 13.5. The minimum Gasteiger partial charge on any atom is -0.445 e. The second-order valence-electron chi connectivity index (χ2n) is 29.6. The summed E-state index contributed by atoms with van der Waals surface area (Å²) in [4.78, 5) is 168. The molecule has 5 rings (SSSR count). The average molecular weight is 1570 g/mol. The van der Waals surface area contributed by atoms with Gasteiger partial charge in [0.2, 0.25) is 53.2 Å². The van der Waals surface area contributed by atoms with Crippen LogP contribution in [0.1, 0.15) is 174 Å². The number of likely N-dealkylation sites (tertiary alicyclic amines) is 1. The number of rotatable bonds is 37. The van der Waals surface area contributed by atoms with Crippen LogP contribution < -0.4 is 53.6 Å². The van der Waals surface area contributed by atoms with Crippen molar-refractivity contribution in [1.29, 1.82) is 0 Å². The average Bonchev–Trinajstić information content (AvgIpc) is 1.35. The third-order valence-corrected chi connectivity index (χ3v) is 22.3. The number of carbonyl (C=O) groups excluding carboxylic acids is 12. The van der Waals surface area contributed by atoms with Gasteiger partial charge in [0, 0.05) is 107 Å². The van der Waals surface area contributed by atoms with E-state index < -0.39 is 132 Å². The number of carbonyl (C=O) groups is 12. The number of nitrogens with two attached hydrogens (primary N) is 1. The molecule has 2 bridgehead atoms. The van der Waals surface area contributed by atoms with Crippen LogP contribution in [0.5, 0.6) is 0 Å². The fraction of sp³-hybridized carbons (Fsp3) is 0.620. The predicted octanol–water partition coefficient (Wildman–Crippen LogP) is 7.72. The lowest BCUT2D eigenvalue weighted by molar-refractivity contribution is -0.148. The van der Waals surface area contributed by atoms with Crippen LogP contribution in [0.25, 0.3) is 0 Å². The Morgan fingerprint density at radius 2 is 1.34 bits per heavy atom. The van der Waals surface area contributed by atoms with E-state index in [0.717, 1.165) is 12.2 Å². The molecule has 2 aliphatic heterocycles. The summed E-state index contributed by atoms with van der Waals surface area (Å²) < 4.78 is 17.8. The van der Waals surface area contributed by atoms with Gasteiger partial charge in [-0.1, -0.05) is 118 Å². The lowest BCUT2D eigenvalue weighted by Crippen LogP contribution is -2.60. The molecule has 2 heterocycles. The number of nitrogens with one attached hydrogen (secondary N) is 9. The molecule has 1 unspecified atom stereocenters. The van der Waals surface area contributed by atoms with Crippen molar-refractivity contribution in [3.8, 4) is 0 Å². The summed E-state index contributed by atoms with van der Waals surface area (Å²) >= 11 is 3.40. The number of anilines is 3. The Bertz CT molecular complexity index is 3540. The maximum atomic E-state index is 14.9. The summed E-state index contributed by atoms with van der Waals surface area (Å²) in [5.41, 5.74) is 7.64. The van der Waals surface area contributed by atoms with E-state index in [1.54, 1.807) is 138 Å². The van der Waals surface area contributed by atoms with Gasteiger partial charge in [0.05, 0.1) is 48.8 Å². The van der Waals surface area contributed by atoms with Gasteiger partial charge in [-0.25, -0.2) is 9.59 Å². The number of methoxy groups -OCH3 is 2. The van der Waals surface area contributed by atoms with Crippen LogP contribution in [-0.2, 0) is 64.0 Å². The zero-order valence-corrected chi connectivity index (χ0v) is 68.3. The van der Waals surface area contributed by atoms with Gasteiger partial charge >= 0.3 is 12.1 Å². The zero-order valence-electron chi connectivity index (χ0n) is 66.7. The van der Waals surface area contributed by atoms with Crippen molar-refractivity contribution in [1.82, 2.24) is 46.6 Å². The van der Waals surface area contributed by atoms with Crippen LogP contribution in [0.15, 0.2) is 72.8 Å². The van der Waals surface area contributed by atoms with E-state index in [9.17, 15) is 62.6 Å². The zero-order chi connectivity index (χ0) is 81.5. The van der Waals surface area contributed by atoms with E-state index in [0.29, 0.717) is 70.8 Å². The third kappa shape index (κ3) is 29.0. The van der Waals surface area contributed by atoms with E-state index in [1.807, 2.05) is 32.0 Å². The number of hydrogen-bond acceptors (Lipinski definition) is 18. The summed E-state index contributed by atoms with van der Waals surface area (Å²) in [6.07, 6.45) is 0.368. The molecular weight excluding hydrogens is 1450 g/mol. The Hall–Kier alpha value is -8.52. The Morgan fingerprint density at radius 3 is 1.94 bits per heavy atom. The quantitative estimate of drug-likeness (QED) is 0.0246. The van der Waals surface area contributed by atoms with E-state index in [2.05, 4.69) is 54.8 Å². The van der Waals surface area contributed by atoms with Crippen LogP contribution in [0.4, 0.5) is 26.7 Å². The minimum absolute atomic E-state index is 0.0454. The molecular formula is C79H121N13O16S2. The highest BCUT2D eigenvalue weighted by molar-refractivity contribution is 8.00. The molecule has 0 radical (unpaired) electrons. The van der Waals surface area contributed by atoms with Crippen molar-refractivity contribution in [2.24, 2.45) is 35.3 Å². The Kier molecular flexibility index (Phi) is 38.8. The molecule has 3 aromatic rings. The highest BCUT2D eigenvalue weighted by atomic mass is 32.2. The number of primary amides is 1. The first kappa shape index (κ1) is 92.1. The Labute approximate surface area is 657 Å². The highest BCUT2D eigenvalue weighted by Gasteiger charge is 2.44. The molecule has 3 aromatic carbocycles. The standard InChI is InChI=1S/C79H121N13O16S2/c1-16-49(8)69(61(106-14)44-65(96)92-37-22-26-60(92)71(107-15)51(10)72(98)83-52(11)70(97)54-23-18-17-19-24-54)90(12)77(103)67(47(4)5)89-76(102)68(48(6)7)91(13)79(105)108-45-53-28-30-56(31-29-53)86-74(100)59(25-20-36-82-78(80)104)87-75(101)66(46(2)3)88-62(93)27-21-35-81-73(99)55-41-57-43-58(42-55)85-64(95)34-40-110-50(9)32-38-109-39-33-63(94)84-57/h17-19,23-24,28-31,41-43,46-52,59-61,66-71,97H,16,20-22,25-27,32-40,44-45H2,1-15H3,(H,81,99)(H,83,98)(H,84,94)(H,85,95)(H,86,100)(H,87,101)(H,88,93)(H,89,102)(H3,80,82,104)/t49-,50?,51+,52+,59-,60-,61+,66-,67-,68-,69-,70+,71+/m0/s1. The van der Waals surface area contributed by atoms with E-state index >= 15 is 0 Å². The number of benzene rings is 3. The van der Waals surface area contributed by atoms with Gasteiger partial charge in [0.15, 0.2) is 0 Å². The number of amides is 13. The molecule has 31 heteroatoms. The molecule has 610 valence electrons. The van der Waals surface area contributed by atoms with Crippen molar-refractivity contribution in [3.63, 3.8) is 0 Å².